The Morgan fingerprint density at radius 1 is 1.60 bits per heavy atom. The summed E-state index contributed by atoms with van der Waals surface area (Å²) in [6.07, 6.45) is 2.25. The maximum absolute atomic E-state index is 11.0. The summed E-state index contributed by atoms with van der Waals surface area (Å²) in [6.45, 7) is 1.74. The van der Waals surface area contributed by atoms with Crippen molar-refractivity contribution in [2.75, 3.05) is 31.8 Å². The summed E-state index contributed by atoms with van der Waals surface area (Å²) in [5, 5.41) is 0. The molecule has 1 heterocycles. The van der Waals surface area contributed by atoms with Gasteiger partial charge in [0, 0.05) is 19.0 Å². The minimum absolute atomic E-state index is 0.325. The molecule has 88 valence electrons. The van der Waals surface area contributed by atoms with Gasteiger partial charge in [-0.15, -0.1) is 0 Å². The lowest BCUT2D eigenvalue weighted by Crippen LogP contribution is -2.34. The Morgan fingerprint density at radius 3 is 2.87 bits per heavy atom. The second-order valence-electron chi connectivity index (χ2n) is 3.72. The van der Waals surface area contributed by atoms with Crippen LogP contribution in [-0.2, 0) is 14.3 Å². The van der Waals surface area contributed by atoms with E-state index < -0.39 is 6.04 Å². The smallest absolute Gasteiger partial charge is 0.323 e. The molecule has 5 heteroatoms. The second-order valence-corrected chi connectivity index (χ2v) is 4.80. The third-order valence-electron chi connectivity index (χ3n) is 2.50. The quantitative estimate of drug-likeness (QED) is 0.706. The summed E-state index contributed by atoms with van der Waals surface area (Å²) in [5.41, 5.74) is 5.62. The molecule has 0 spiro atoms. The molecule has 15 heavy (non-hydrogen) atoms. The number of thioether (sulfide) groups is 1. The maximum Gasteiger partial charge on any atom is 0.323 e. The van der Waals surface area contributed by atoms with E-state index in [0.717, 1.165) is 31.8 Å². The number of methoxy groups -OCH3 is 1. The van der Waals surface area contributed by atoms with E-state index in [2.05, 4.69) is 4.74 Å². The van der Waals surface area contributed by atoms with Crippen LogP contribution in [0.3, 0.4) is 0 Å². The molecular weight excluding hydrogens is 214 g/mol. The summed E-state index contributed by atoms with van der Waals surface area (Å²) in [6, 6.07) is -0.486. The van der Waals surface area contributed by atoms with Crippen LogP contribution in [0.2, 0.25) is 0 Å². The lowest BCUT2D eigenvalue weighted by molar-refractivity contribution is -0.141. The fourth-order valence-electron chi connectivity index (χ4n) is 1.49. The zero-order chi connectivity index (χ0) is 11.1. The van der Waals surface area contributed by atoms with Crippen molar-refractivity contribution in [3.63, 3.8) is 0 Å². The van der Waals surface area contributed by atoms with E-state index in [1.165, 1.54) is 7.11 Å². The fraction of sp³-hybridized carbons (Fsp3) is 0.900. The van der Waals surface area contributed by atoms with Gasteiger partial charge >= 0.3 is 5.97 Å². The van der Waals surface area contributed by atoms with Crippen molar-refractivity contribution in [3.8, 4) is 0 Å². The number of hydrogen-bond acceptors (Lipinski definition) is 5. The van der Waals surface area contributed by atoms with Crippen molar-refractivity contribution in [2.45, 2.75) is 18.9 Å². The minimum atomic E-state index is -0.486. The second kappa shape index (κ2) is 7.09. The van der Waals surface area contributed by atoms with Crippen molar-refractivity contribution >= 4 is 17.7 Å². The first-order valence-electron chi connectivity index (χ1n) is 5.23. The average Bonchev–Trinajstić information content (AvgIpc) is 2.29. The van der Waals surface area contributed by atoms with Gasteiger partial charge in [0.25, 0.3) is 0 Å². The molecule has 1 unspecified atom stereocenters. The molecule has 1 saturated heterocycles. The molecule has 1 aliphatic heterocycles. The first-order chi connectivity index (χ1) is 7.24. The Labute approximate surface area is 94.9 Å². The molecule has 1 atom stereocenters. The topological polar surface area (TPSA) is 61.5 Å². The molecule has 1 fully saturated rings. The largest absolute Gasteiger partial charge is 0.468 e. The normalized spacial score (nSPS) is 19.9. The van der Waals surface area contributed by atoms with Crippen LogP contribution in [-0.4, -0.2) is 43.8 Å². The molecule has 0 bridgehead atoms. The van der Waals surface area contributed by atoms with Gasteiger partial charge in [0.2, 0.25) is 0 Å². The van der Waals surface area contributed by atoms with Gasteiger partial charge in [-0.25, -0.2) is 0 Å². The number of hydrogen-bond donors (Lipinski definition) is 1. The first-order valence-corrected chi connectivity index (χ1v) is 6.38. The third kappa shape index (κ3) is 4.86. The number of carbonyl (C=O) groups is 1. The standard InChI is InChI=1S/C10H19NO3S/c1-13-10(12)9(11)7-15-6-8-2-4-14-5-3-8/h8-9H,2-7,11H2,1H3. The Morgan fingerprint density at radius 2 is 2.27 bits per heavy atom. The predicted molar refractivity (Wildman–Crippen MR) is 60.9 cm³/mol. The zero-order valence-corrected chi connectivity index (χ0v) is 9.92. The van der Waals surface area contributed by atoms with E-state index in [-0.39, 0.29) is 5.97 Å². The van der Waals surface area contributed by atoms with Crippen molar-refractivity contribution in [1.29, 1.82) is 0 Å². The molecule has 0 aromatic rings. The van der Waals surface area contributed by atoms with Crippen molar-refractivity contribution in [1.82, 2.24) is 0 Å². The van der Waals surface area contributed by atoms with E-state index in [9.17, 15) is 4.79 Å². The molecule has 0 aromatic heterocycles. The Hall–Kier alpha value is -0.260. The highest BCUT2D eigenvalue weighted by Crippen LogP contribution is 2.20. The Balaban J connectivity index is 2.07. The van der Waals surface area contributed by atoms with Crippen molar-refractivity contribution < 1.29 is 14.3 Å². The molecule has 0 aliphatic carbocycles. The molecule has 0 amide bonds. The fourth-order valence-corrected chi connectivity index (χ4v) is 2.69. The Kier molecular flexibility index (Phi) is 6.05. The number of rotatable bonds is 5. The molecule has 0 saturated carbocycles. The van der Waals surface area contributed by atoms with Crippen LogP contribution < -0.4 is 5.73 Å². The molecule has 1 aliphatic rings. The SMILES string of the molecule is COC(=O)C(N)CSCC1CCOCC1. The summed E-state index contributed by atoms with van der Waals surface area (Å²) >= 11 is 1.73. The summed E-state index contributed by atoms with van der Waals surface area (Å²) < 4.78 is 9.83. The van der Waals surface area contributed by atoms with E-state index in [4.69, 9.17) is 10.5 Å². The lowest BCUT2D eigenvalue weighted by Gasteiger charge is -2.21. The number of nitrogens with two attached hydrogens (primary N) is 1. The maximum atomic E-state index is 11.0. The monoisotopic (exact) mass is 233 g/mol. The summed E-state index contributed by atoms with van der Waals surface area (Å²) in [7, 11) is 1.37. The van der Waals surface area contributed by atoms with Gasteiger partial charge in [-0.3, -0.25) is 4.79 Å². The number of esters is 1. The third-order valence-corrected chi connectivity index (χ3v) is 3.80. The number of ether oxygens (including phenoxy) is 2. The van der Waals surface area contributed by atoms with Crippen molar-refractivity contribution in [2.24, 2.45) is 11.7 Å². The van der Waals surface area contributed by atoms with Gasteiger partial charge in [0.05, 0.1) is 7.11 Å². The highest BCUT2D eigenvalue weighted by Gasteiger charge is 2.17. The van der Waals surface area contributed by atoms with Crippen LogP contribution >= 0.6 is 11.8 Å². The molecule has 1 rings (SSSR count). The van der Waals surface area contributed by atoms with Crippen LogP contribution in [0.15, 0.2) is 0 Å². The van der Waals surface area contributed by atoms with Gasteiger partial charge in [0.1, 0.15) is 6.04 Å². The lowest BCUT2D eigenvalue weighted by atomic mass is 10.0. The van der Waals surface area contributed by atoms with E-state index >= 15 is 0 Å². The first kappa shape index (κ1) is 12.8. The molecule has 2 N–H and O–H groups in total. The molecule has 4 nitrogen and oxygen atoms in total. The van der Waals surface area contributed by atoms with Crippen LogP contribution in [0.4, 0.5) is 0 Å². The minimum Gasteiger partial charge on any atom is -0.468 e. The van der Waals surface area contributed by atoms with Gasteiger partial charge in [-0.05, 0) is 24.5 Å². The molecule has 0 radical (unpaired) electrons. The van der Waals surface area contributed by atoms with Gasteiger partial charge in [-0.2, -0.15) is 11.8 Å². The summed E-state index contributed by atoms with van der Waals surface area (Å²) in [5.74, 6) is 2.10. The van der Waals surface area contributed by atoms with Crippen LogP contribution in [0.5, 0.6) is 0 Å². The number of carbonyl (C=O) groups excluding carboxylic acids is 1. The van der Waals surface area contributed by atoms with E-state index in [0.29, 0.717) is 11.7 Å². The zero-order valence-electron chi connectivity index (χ0n) is 9.11. The van der Waals surface area contributed by atoms with Crippen molar-refractivity contribution in [3.05, 3.63) is 0 Å². The van der Waals surface area contributed by atoms with E-state index in [1.807, 2.05) is 0 Å². The highest BCUT2D eigenvalue weighted by molar-refractivity contribution is 7.99. The summed E-state index contributed by atoms with van der Waals surface area (Å²) in [4.78, 5) is 11.0. The molecule has 0 aromatic carbocycles. The van der Waals surface area contributed by atoms with Gasteiger partial charge in [-0.1, -0.05) is 0 Å². The highest BCUT2D eigenvalue weighted by atomic mass is 32.2. The van der Waals surface area contributed by atoms with Crippen LogP contribution in [0.1, 0.15) is 12.8 Å². The van der Waals surface area contributed by atoms with Gasteiger partial charge < -0.3 is 15.2 Å². The molecular formula is C10H19NO3S. The van der Waals surface area contributed by atoms with Gasteiger partial charge in [0.15, 0.2) is 0 Å². The Bertz CT molecular complexity index is 195. The predicted octanol–water partition coefficient (Wildman–Crippen LogP) is 0.646. The van der Waals surface area contributed by atoms with Crippen LogP contribution in [0.25, 0.3) is 0 Å². The van der Waals surface area contributed by atoms with Crippen LogP contribution in [0, 0.1) is 5.92 Å². The average molecular weight is 233 g/mol. The van der Waals surface area contributed by atoms with E-state index in [1.54, 1.807) is 11.8 Å².